The van der Waals surface area contributed by atoms with E-state index in [9.17, 15) is 4.79 Å². The highest BCUT2D eigenvalue weighted by Crippen LogP contribution is 2.33. The van der Waals surface area contributed by atoms with E-state index in [2.05, 4.69) is 48.3 Å². The average Bonchev–Trinajstić information content (AvgIpc) is 3.19. The van der Waals surface area contributed by atoms with E-state index < -0.39 is 0 Å². The van der Waals surface area contributed by atoms with Gasteiger partial charge < -0.3 is 19.5 Å². The van der Waals surface area contributed by atoms with Crippen LogP contribution in [0.15, 0.2) is 41.0 Å². The van der Waals surface area contributed by atoms with Crippen molar-refractivity contribution in [2.24, 2.45) is 0 Å². The molecule has 0 spiro atoms. The average molecular weight is 339 g/mol. The molecule has 2 atom stereocenters. The molecule has 2 aromatic rings. The van der Waals surface area contributed by atoms with Crippen LogP contribution in [0.2, 0.25) is 0 Å². The van der Waals surface area contributed by atoms with Crippen LogP contribution < -0.4 is 10.2 Å². The quantitative estimate of drug-likeness (QED) is 0.934. The molecule has 0 aliphatic carbocycles. The van der Waals surface area contributed by atoms with Crippen molar-refractivity contribution in [1.29, 1.82) is 0 Å². The molecule has 1 saturated heterocycles. The Morgan fingerprint density at radius 1 is 1.28 bits per heavy atom. The highest BCUT2D eigenvalue weighted by molar-refractivity contribution is 5.93. The minimum Gasteiger partial charge on any atom is -0.459 e. The highest BCUT2D eigenvalue weighted by atomic mass is 16.3. The number of nitrogens with zero attached hydrogens (tertiary/aromatic N) is 2. The minimum atomic E-state index is 0.00786. The minimum absolute atomic E-state index is 0.00786. The number of para-hydroxylation sites is 1. The maximum atomic E-state index is 12.9. The van der Waals surface area contributed by atoms with E-state index in [1.165, 1.54) is 11.3 Å². The van der Waals surface area contributed by atoms with Crippen molar-refractivity contribution in [3.63, 3.8) is 0 Å². The van der Waals surface area contributed by atoms with Gasteiger partial charge in [-0.25, -0.2) is 0 Å². The van der Waals surface area contributed by atoms with E-state index in [-0.39, 0.29) is 5.91 Å². The third-order valence-electron chi connectivity index (χ3n) is 5.29. The van der Waals surface area contributed by atoms with Gasteiger partial charge in [-0.05, 0) is 38.0 Å². The number of hydrogen-bond donors (Lipinski definition) is 1. The van der Waals surface area contributed by atoms with Crippen LogP contribution in [-0.4, -0.2) is 42.5 Å². The molecule has 0 bridgehead atoms. The number of carbonyl (C=O) groups is 1. The molecule has 0 radical (unpaired) electrons. The van der Waals surface area contributed by atoms with Crippen molar-refractivity contribution in [2.75, 3.05) is 24.5 Å². The van der Waals surface area contributed by atoms with Gasteiger partial charge in [0.25, 0.3) is 5.91 Å². The third kappa shape index (κ3) is 3.04. The summed E-state index contributed by atoms with van der Waals surface area (Å²) in [5.41, 5.74) is 3.62. The first-order valence-corrected chi connectivity index (χ1v) is 9.07. The molecule has 25 heavy (non-hydrogen) atoms. The summed E-state index contributed by atoms with van der Waals surface area (Å²) < 4.78 is 5.61. The van der Waals surface area contributed by atoms with Crippen LogP contribution >= 0.6 is 0 Å². The van der Waals surface area contributed by atoms with Gasteiger partial charge in [0.2, 0.25) is 0 Å². The smallest absolute Gasteiger partial charge is 0.290 e. The molecular weight excluding hydrogens is 314 g/mol. The molecule has 1 amide bonds. The first kappa shape index (κ1) is 16.2. The number of anilines is 1. The third-order valence-corrected chi connectivity index (χ3v) is 5.29. The standard InChI is InChI=1S/C20H25N3O2/c1-14-12-22(9-8-21-14)20(24)19-17(7-10-25-19)13-23-15(2)11-16-5-3-4-6-18(16)23/h3-7,10,14-15,21H,8-9,11-13H2,1-2H3. The number of piperazine rings is 1. The molecule has 2 aliphatic heterocycles. The first-order chi connectivity index (χ1) is 12.1. The highest BCUT2D eigenvalue weighted by Gasteiger charge is 2.30. The molecule has 1 aromatic heterocycles. The zero-order valence-corrected chi connectivity index (χ0v) is 14.9. The Labute approximate surface area is 148 Å². The fourth-order valence-electron chi connectivity index (χ4n) is 3.96. The number of amides is 1. The fraction of sp³-hybridized carbons (Fsp3) is 0.450. The van der Waals surface area contributed by atoms with Gasteiger partial charge >= 0.3 is 0 Å². The number of carbonyl (C=O) groups excluding carboxylic acids is 1. The van der Waals surface area contributed by atoms with Gasteiger partial charge in [-0.3, -0.25) is 4.79 Å². The summed E-state index contributed by atoms with van der Waals surface area (Å²) in [4.78, 5) is 17.2. The Morgan fingerprint density at radius 2 is 2.12 bits per heavy atom. The monoisotopic (exact) mass is 339 g/mol. The van der Waals surface area contributed by atoms with Crippen LogP contribution in [0.5, 0.6) is 0 Å². The number of fused-ring (bicyclic) bond motifs is 1. The molecule has 132 valence electrons. The van der Waals surface area contributed by atoms with Crippen molar-refractivity contribution >= 4 is 11.6 Å². The summed E-state index contributed by atoms with van der Waals surface area (Å²) in [6.07, 6.45) is 2.69. The van der Waals surface area contributed by atoms with Gasteiger partial charge in [0, 0.05) is 49.5 Å². The normalized spacial score (nSPS) is 23.0. The second kappa shape index (κ2) is 6.56. The largest absolute Gasteiger partial charge is 0.459 e. The lowest BCUT2D eigenvalue weighted by Crippen LogP contribution is -2.51. The Hall–Kier alpha value is -2.27. The Kier molecular flexibility index (Phi) is 4.25. The van der Waals surface area contributed by atoms with Gasteiger partial charge in [-0.2, -0.15) is 0 Å². The van der Waals surface area contributed by atoms with Crippen molar-refractivity contribution in [3.05, 3.63) is 53.5 Å². The van der Waals surface area contributed by atoms with E-state index in [1.807, 2.05) is 11.0 Å². The number of hydrogen-bond acceptors (Lipinski definition) is 4. The number of rotatable bonds is 3. The predicted molar refractivity (Wildman–Crippen MR) is 97.9 cm³/mol. The second-order valence-corrected chi connectivity index (χ2v) is 7.19. The van der Waals surface area contributed by atoms with Crippen LogP contribution in [0.4, 0.5) is 5.69 Å². The maximum Gasteiger partial charge on any atom is 0.290 e. The fourth-order valence-corrected chi connectivity index (χ4v) is 3.96. The van der Waals surface area contributed by atoms with Crippen molar-refractivity contribution in [3.8, 4) is 0 Å². The van der Waals surface area contributed by atoms with Crippen LogP contribution in [0.25, 0.3) is 0 Å². The molecule has 1 N–H and O–H groups in total. The van der Waals surface area contributed by atoms with E-state index in [4.69, 9.17) is 4.42 Å². The van der Waals surface area contributed by atoms with E-state index in [1.54, 1.807) is 6.26 Å². The topological polar surface area (TPSA) is 48.7 Å². The summed E-state index contributed by atoms with van der Waals surface area (Å²) in [5, 5.41) is 3.37. The molecule has 2 aliphatic rings. The molecule has 5 nitrogen and oxygen atoms in total. The predicted octanol–water partition coefficient (Wildman–Crippen LogP) is 2.66. The summed E-state index contributed by atoms with van der Waals surface area (Å²) in [5.74, 6) is 0.499. The summed E-state index contributed by atoms with van der Waals surface area (Å²) >= 11 is 0. The molecule has 1 aromatic carbocycles. The van der Waals surface area contributed by atoms with E-state index in [0.29, 0.717) is 24.4 Å². The lowest BCUT2D eigenvalue weighted by atomic mass is 10.1. The summed E-state index contributed by atoms with van der Waals surface area (Å²) in [6.45, 7) is 7.33. The Balaban J connectivity index is 1.55. The number of benzene rings is 1. The molecule has 4 rings (SSSR count). The van der Waals surface area contributed by atoms with Crippen molar-refractivity contribution < 1.29 is 9.21 Å². The lowest BCUT2D eigenvalue weighted by Gasteiger charge is -2.31. The molecule has 3 heterocycles. The second-order valence-electron chi connectivity index (χ2n) is 7.19. The van der Waals surface area contributed by atoms with Crippen molar-refractivity contribution in [1.82, 2.24) is 10.2 Å². The zero-order chi connectivity index (χ0) is 17.4. The number of furan rings is 1. The van der Waals surface area contributed by atoms with Gasteiger partial charge in [-0.1, -0.05) is 18.2 Å². The maximum absolute atomic E-state index is 12.9. The molecule has 1 fully saturated rings. The van der Waals surface area contributed by atoms with E-state index in [0.717, 1.165) is 31.6 Å². The SMILES string of the molecule is CC1CN(C(=O)c2occc2CN2c3ccccc3CC2C)CCN1. The Bertz CT molecular complexity index is 770. The van der Waals surface area contributed by atoms with Crippen molar-refractivity contribution in [2.45, 2.75) is 38.9 Å². The first-order valence-electron chi connectivity index (χ1n) is 9.07. The molecule has 0 saturated carbocycles. The molecule has 2 unspecified atom stereocenters. The summed E-state index contributed by atoms with van der Waals surface area (Å²) in [6, 6.07) is 11.2. The number of nitrogens with one attached hydrogen (secondary N) is 1. The van der Waals surface area contributed by atoms with Crippen LogP contribution in [0, 0.1) is 0 Å². The molecular formula is C20H25N3O2. The van der Waals surface area contributed by atoms with Gasteiger partial charge in [0.1, 0.15) is 0 Å². The van der Waals surface area contributed by atoms with Gasteiger partial charge in [0.05, 0.1) is 6.26 Å². The van der Waals surface area contributed by atoms with Crippen LogP contribution in [-0.2, 0) is 13.0 Å². The van der Waals surface area contributed by atoms with Crippen LogP contribution in [0.3, 0.4) is 0 Å². The van der Waals surface area contributed by atoms with Crippen LogP contribution in [0.1, 0.15) is 35.5 Å². The lowest BCUT2D eigenvalue weighted by molar-refractivity contribution is 0.0675. The summed E-state index contributed by atoms with van der Waals surface area (Å²) in [7, 11) is 0. The van der Waals surface area contributed by atoms with Gasteiger partial charge in [0.15, 0.2) is 5.76 Å². The molecule has 5 heteroatoms. The van der Waals surface area contributed by atoms with Gasteiger partial charge in [-0.15, -0.1) is 0 Å². The van der Waals surface area contributed by atoms with E-state index >= 15 is 0 Å². The zero-order valence-electron chi connectivity index (χ0n) is 14.9. The Morgan fingerprint density at radius 3 is 2.96 bits per heavy atom.